The molecule has 1 aromatic heterocycles. The number of nitrogens with zero attached hydrogens (tertiary/aromatic N) is 1. The van der Waals surface area contributed by atoms with Gasteiger partial charge in [-0.1, -0.05) is 39.0 Å². The molecule has 25 heavy (non-hydrogen) atoms. The van der Waals surface area contributed by atoms with Crippen LogP contribution < -0.4 is 9.30 Å². The Labute approximate surface area is 150 Å². The number of aryl methyl sites for hydroxylation is 2. The lowest BCUT2D eigenvalue weighted by molar-refractivity contribution is -0.660. The van der Waals surface area contributed by atoms with Crippen LogP contribution in [0.5, 0.6) is 11.5 Å². The monoisotopic (exact) mass is 332 g/mol. The molecule has 1 aliphatic heterocycles. The highest BCUT2D eigenvalue weighted by Gasteiger charge is 2.32. The molecule has 3 aromatic rings. The number of rotatable bonds is 1. The van der Waals surface area contributed by atoms with E-state index in [9.17, 15) is 0 Å². The summed E-state index contributed by atoms with van der Waals surface area (Å²) in [6.07, 6.45) is 3.16. The maximum atomic E-state index is 6.48. The Kier molecular flexibility index (Phi) is 3.44. The fraction of sp³-hybridized carbons (Fsp3) is 0.348. The summed E-state index contributed by atoms with van der Waals surface area (Å²) >= 11 is 0. The lowest BCUT2D eigenvalue weighted by Gasteiger charge is -2.25. The number of aromatic nitrogens is 1. The molecule has 0 aliphatic carbocycles. The number of ether oxygens (including phenoxy) is 1. The van der Waals surface area contributed by atoms with Crippen LogP contribution in [-0.4, -0.2) is 0 Å². The topological polar surface area (TPSA) is 13.1 Å². The van der Waals surface area contributed by atoms with E-state index in [-0.39, 0.29) is 5.41 Å². The van der Waals surface area contributed by atoms with E-state index in [1.54, 1.807) is 0 Å². The average Bonchev–Trinajstić information content (AvgIpc) is 2.53. The highest BCUT2D eigenvalue weighted by atomic mass is 16.5. The zero-order valence-electron chi connectivity index (χ0n) is 16.0. The highest BCUT2D eigenvalue weighted by Crippen LogP contribution is 2.48. The van der Waals surface area contributed by atoms with E-state index >= 15 is 0 Å². The van der Waals surface area contributed by atoms with Crippen LogP contribution in [0.15, 0.2) is 36.5 Å². The second kappa shape index (κ2) is 5.32. The molecule has 0 saturated carbocycles. The first kappa shape index (κ1) is 16.1. The molecule has 0 amide bonds. The molecule has 0 bridgehead atoms. The third-order valence-electron chi connectivity index (χ3n) is 5.18. The van der Waals surface area contributed by atoms with Gasteiger partial charge in [-0.15, -0.1) is 0 Å². The van der Waals surface area contributed by atoms with Gasteiger partial charge < -0.3 is 4.74 Å². The molecule has 2 heteroatoms. The van der Waals surface area contributed by atoms with Crippen LogP contribution in [0, 0.1) is 19.3 Å². The Balaban J connectivity index is 2.11. The predicted molar refractivity (Wildman–Crippen MR) is 103 cm³/mol. The quantitative estimate of drug-likeness (QED) is 0.411. The van der Waals surface area contributed by atoms with Gasteiger partial charge in [-0.25, -0.2) is 0 Å². The highest BCUT2D eigenvalue weighted by molar-refractivity contribution is 6.04. The summed E-state index contributed by atoms with van der Waals surface area (Å²) in [5, 5.41) is 2.49. The molecule has 0 fully saturated rings. The van der Waals surface area contributed by atoms with Crippen molar-refractivity contribution in [3.63, 3.8) is 0 Å². The Bertz CT molecular complexity index is 1010. The Morgan fingerprint density at radius 3 is 2.56 bits per heavy atom. The summed E-state index contributed by atoms with van der Waals surface area (Å²) in [6, 6.07) is 10.8. The molecule has 1 aliphatic rings. The van der Waals surface area contributed by atoms with Gasteiger partial charge in [0.1, 0.15) is 12.8 Å². The van der Waals surface area contributed by atoms with Gasteiger partial charge in [0.15, 0.2) is 6.20 Å². The normalized spacial score (nSPS) is 12.9. The maximum absolute atomic E-state index is 6.48. The predicted octanol–water partition coefficient (Wildman–Crippen LogP) is 5.64. The van der Waals surface area contributed by atoms with Crippen molar-refractivity contribution in [3.05, 3.63) is 53.2 Å². The van der Waals surface area contributed by atoms with E-state index in [0.29, 0.717) is 0 Å². The minimum atomic E-state index is 0.213. The Morgan fingerprint density at radius 1 is 1.08 bits per heavy atom. The van der Waals surface area contributed by atoms with Crippen LogP contribution >= 0.6 is 0 Å². The summed E-state index contributed by atoms with van der Waals surface area (Å²) in [6.45, 7) is 11.3. The zero-order chi connectivity index (χ0) is 17.9. The molecule has 2 aromatic carbocycles. The second-order valence-corrected chi connectivity index (χ2v) is 8.52. The first-order valence-corrected chi connectivity index (χ1v) is 8.99. The van der Waals surface area contributed by atoms with E-state index in [2.05, 4.69) is 82.8 Å². The van der Waals surface area contributed by atoms with E-state index in [1.165, 1.54) is 38.7 Å². The zero-order valence-corrected chi connectivity index (χ0v) is 16.0. The first-order chi connectivity index (χ1) is 11.8. The summed E-state index contributed by atoms with van der Waals surface area (Å²) in [5.41, 5.74) is 6.69. The first-order valence-electron chi connectivity index (χ1n) is 8.99. The molecule has 0 radical (unpaired) electrons. The molecule has 128 valence electrons. The minimum Gasteiger partial charge on any atom is -0.449 e. The lowest BCUT2D eigenvalue weighted by Crippen LogP contribution is -2.33. The molecular weight excluding hydrogens is 306 g/mol. The van der Waals surface area contributed by atoms with Crippen molar-refractivity contribution >= 4 is 10.8 Å². The van der Waals surface area contributed by atoms with Crippen molar-refractivity contribution in [1.29, 1.82) is 0 Å². The van der Waals surface area contributed by atoms with E-state index in [1.807, 2.05) is 0 Å². The minimum absolute atomic E-state index is 0.213. The third kappa shape index (κ3) is 2.52. The van der Waals surface area contributed by atoms with Gasteiger partial charge >= 0.3 is 0 Å². The molecule has 0 spiro atoms. The van der Waals surface area contributed by atoms with Crippen molar-refractivity contribution in [2.45, 2.75) is 41.0 Å². The number of hydrogen-bond acceptors (Lipinski definition) is 1. The largest absolute Gasteiger partial charge is 0.449 e. The van der Waals surface area contributed by atoms with Crippen LogP contribution in [0.2, 0.25) is 0 Å². The Hall–Kier alpha value is -2.35. The summed E-state index contributed by atoms with van der Waals surface area (Å²) in [5.74, 6) is 2.00. The lowest BCUT2D eigenvalue weighted by atomic mass is 9.85. The SMILES string of the molecule is Cc1cc2cccc3c2c(c1C)-c1c(c(CC(C)(C)C)cc[n+]1C)O3. The van der Waals surface area contributed by atoms with Crippen molar-refractivity contribution in [3.8, 4) is 22.8 Å². The van der Waals surface area contributed by atoms with Crippen molar-refractivity contribution < 1.29 is 9.30 Å². The number of hydrogen-bond donors (Lipinski definition) is 0. The maximum Gasteiger partial charge on any atom is 0.256 e. The fourth-order valence-corrected chi connectivity index (χ4v) is 3.93. The molecule has 4 rings (SSSR count). The van der Waals surface area contributed by atoms with Gasteiger partial charge in [-0.05, 0) is 48.3 Å². The van der Waals surface area contributed by atoms with Gasteiger partial charge in [0.2, 0.25) is 5.75 Å². The fourth-order valence-electron chi connectivity index (χ4n) is 3.93. The number of benzene rings is 2. The molecule has 0 unspecified atom stereocenters. The smallest absolute Gasteiger partial charge is 0.256 e. The third-order valence-corrected chi connectivity index (χ3v) is 5.18. The van der Waals surface area contributed by atoms with E-state index in [4.69, 9.17) is 4.74 Å². The van der Waals surface area contributed by atoms with Crippen LogP contribution in [-0.2, 0) is 13.5 Å². The molecule has 2 heterocycles. The van der Waals surface area contributed by atoms with Crippen LogP contribution in [0.1, 0.15) is 37.5 Å². The molecular formula is C23H26NO+. The van der Waals surface area contributed by atoms with E-state index in [0.717, 1.165) is 17.9 Å². The van der Waals surface area contributed by atoms with Gasteiger partial charge in [0.05, 0.1) is 5.56 Å². The summed E-state index contributed by atoms with van der Waals surface area (Å²) in [4.78, 5) is 0. The Morgan fingerprint density at radius 2 is 1.84 bits per heavy atom. The van der Waals surface area contributed by atoms with Gasteiger partial charge in [-0.2, -0.15) is 4.57 Å². The second-order valence-electron chi connectivity index (χ2n) is 8.52. The van der Waals surface area contributed by atoms with Crippen molar-refractivity contribution in [2.75, 3.05) is 0 Å². The standard InChI is InChI=1S/C23H26NO/c1-14-12-16-8-7-9-18-20(16)19(15(14)2)21-22(25-18)17(10-11-24(21)6)13-23(3,4)5/h7-12H,13H2,1-6H3/q+1. The molecule has 2 nitrogen and oxygen atoms in total. The van der Waals surface area contributed by atoms with Gasteiger partial charge in [-0.3, -0.25) is 0 Å². The molecule has 0 saturated heterocycles. The number of fused-ring (bicyclic) bond motifs is 2. The molecule has 0 atom stereocenters. The number of pyridine rings is 1. The van der Waals surface area contributed by atoms with E-state index < -0.39 is 0 Å². The van der Waals surface area contributed by atoms with Gasteiger partial charge in [0.25, 0.3) is 5.69 Å². The van der Waals surface area contributed by atoms with Crippen LogP contribution in [0.25, 0.3) is 22.0 Å². The molecule has 0 N–H and O–H groups in total. The van der Waals surface area contributed by atoms with Crippen molar-refractivity contribution in [2.24, 2.45) is 12.5 Å². The summed E-state index contributed by atoms with van der Waals surface area (Å²) < 4.78 is 8.69. The van der Waals surface area contributed by atoms with Crippen LogP contribution in [0.3, 0.4) is 0 Å². The van der Waals surface area contributed by atoms with Crippen LogP contribution in [0.4, 0.5) is 0 Å². The average molecular weight is 332 g/mol. The van der Waals surface area contributed by atoms with Gasteiger partial charge in [0, 0.05) is 17.0 Å². The van der Waals surface area contributed by atoms with Crippen molar-refractivity contribution in [1.82, 2.24) is 0 Å². The summed E-state index contributed by atoms with van der Waals surface area (Å²) in [7, 11) is 2.12.